The molecular weight excluding hydrogens is 276 g/mol. The maximum Gasteiger partial charge on any atom is 0.0486 e. The zero-order valence-corrected chi connectivity index (χ0v) is 11.5. The molecule has 1 aromatic carbocycles. The summed E-state index contributed by atoms with van der Waals surface area (Å²) in [6, 6.07) is 10.7. The summed E-state index contributed by atoms with van der Waals surface area (Å²) in [5.41, 5.74) is 3.60. The van der Waals surface area contributed by atoms with Crippen molar-refractivity contribution in [2.24, 2.45) is 0 Å². The molecule has 2 nitrogen and oxygen atoms in total. The number of aryl methyl sites for hydroxylation is 1. The molecule has 0 spiro atoms. The predicted octanol–water partition coefficient (Wildman–Crippen LogP) is 4.33. The van der Waals surface area contributed by atoms with Crippen LogP contribution < -0.4 is 5.32 Å². The first-order valence-corrected chi connectivity index (χ1v) is 6.38. The van der Waals surface area contributed by atoms with Crippen LogP contribution >= 0.6 is 15.9 Å². The molecule has 1 heterocycles. The highest BCUT2D eigenvalue weighted by Gasteiger charge is 2.05. The summed E-state index contributed by atoms with van der Waals surface area (Å²) >= 11 is 3.51. The Hall–Kier alpha value is -1.35. The van der Waals surface area contributed by atoms with Crippen molar-refractivity contribution < 1.29 is 0 Å². The van der Waals surface area contributed by atoms with Gasteiger partial charge in [0.25, 0.3) is 0 Å². The van der Waals surface area contributed by atoms with Gasteiger partial charge in [0, 0.05) is 28.6 Å². The van der Waals surface area contributed by atoms with Gasteiger partial charge in [-0.25, -0.2) is 0 Å². The maximum absolute atomic E-state index is 4.03. The number of anilines is 1. The molecule has 0 saturated heterocycles. The lowest BCUT2D eigenvalue weighted by Crippen LogP contribution is -2.06. The average Bonchev–Trinajstić information content (AvgIpc) is 2.28. The van der Waals surface area contributed by atoms with Gasteiger partial charge in [0.1, 0.15) is 0 Å². The molecule has 0 fully saturated rings. The van der Waals surface area contributed by atoms with E-state index in [1.165, 1.54) is 11.1 Å². The van der Waals surface area contributed by atoms with E-state index in [0.717, 1.165) is 10.2 Å². The molecule has 0 radical (unpaired) electrons. The lowest BCUT2D eigenvalue weighted by molar-refractivity contribution is 0.880. The molecule has 3 heteroatoms. The number of hydrogen-bond donors (Lipinski definition) is 1. The van der Waals surface area contributed by atoms with E-state index in [2.05, 4.69) is 58.3 Å². The van der Waals surface area contributed by atoms with Crippen LogP contribution in [0.4, 0.5) is 5.69 Å². The van der Waals surface area contributed by atoms with Gasteiger partial charge >= 0.3 is 0 Å². The van der Waals surface area contributed by atoms with Crippen LogP contribution in [-0.4, -0.2) is 4.98 Å². The Morgan fingerprint density at radius 2 is 1.88 bits per heavy atom. The Labute approximate surface area is 110 Å². The van der Waals surface area contributed by atoms with Crippen molar-refractivity contribution in [2.45, 2.75) is 19.9 Å². The first kappa shape index (κ1) is 12.1. The quantitative estimate of drug-likeness (QED) is 0.910. The third-order valence-electron chi connectivity index (χ3n) is 2.63. The fourth-order valence-electron chi connectivity index (χ4n) is 1.81. The summed E-state index contributed by atoms with van der Waals surface area (Å²) in [4.78, 5) is 4.03. The Morgan fingerprint density at radius 1 is 1.18 bits per heavy atom. The minimum absolute atomic E-state index is 0.270. The van der Waals surface area contributed by atoms with E-state index in [9.17, 15) is 0 Å². The van der Waals surface area contributed by atoms with Crippen molar-refractivity contribution in [3.8, 4) is 0 Å². The fourth-order valence-corrected chi connectivity index (χ4v) is 2.41. The van der Waals surface area contributed by atoms with Gasteiger partial charge in [-0.05, 0) is 55.3 Å². The Kier molecular flexibility index (Phi) is 3.79. The zero-order valence-electron chi connectivity index (χ0n) is 9.94. The lowest BCUT2D eigenvalue weighted by atomic mass is 10.1. The summed E-state index contributed by atoms with van der Waals surface area (Å²) in [6.45, 7) is 4.23. The van der Waals surface area contributed by atoms with Gasteiger partial charge in [0.05, 0.1) is 0 Å². The van der Waals surface area contributed by atoms with Gasteiger partial charge in [-0.3, -0.25) is 4.98 Å². The number of rotatable bonds is 3. The van der Waals surface area contributed by atoms with E-state index in [1.807, 2.05) is 24.5 Å². The third kappa shape index (κ3) is 3.30. The van der Waals surface area contributed by atoms with Crippen LogP contribution in [0, 0.1) is 6.92 Å². The van der Waals surface area contributed by atoms with Crippen LogP contribution in [0.5, 0.6) is 0 Å². The summed E-state index contributed by atoms with van der Waals surface area (Å²) < 4.78 is 1.10. The zero-order chi connectivity index (χ0) is 12.3. The van der Waals surface area contributed by atoms with Crippen LogP contribution in [0.15, 0.2) is 47.2 Å². The molecule has 0 aliphatic carbocycles. The van der Waals surface area contributed by atoms with Crippen molar-refractivity contribution in [2.75, 3.05) is 5.32 Å². The van der Waals surface area contributed by atoms with Gasteiger partial charge in [-0.2, -0.15) is 0 Å². The number of nitrogens with one attached hydrogen (secondary N) is 1. The van der Waals surface area contributed by atoms with Crippen molar-refractivity contribution >= 4 is 21.6 Å². The molecule has 2 aromatic rings. The van der Waals surface area contributed by atoms with Crippen molar-refractivity contribution in [3.63, 3.8) is 0 Å². The average molecular weight is 291 g/mol. The van der Waals surface area contributed by atoms with Gasteiger partial charge in [0.15, 0.2) is 0 Å². The SMILES string of the molecule is Cc1cc(Br)cc(NC(C)c2ccncc2)c1. The molecule has 0 amide bonds. The Bertz CT molecular complexity index is 477. The van der Waals surface area contributed by atoms with Crippen molar-refractivity contribution in [1.29, 1.82) is 0 Å². The second-order valence-electron chi connectivity index (χ2n) is 4.16. The first-order chi connectivity index (χ1) is 8.15. The van der Waals surface area contributed by atoms with E-state index in [4.69, 9.17) is 0 Å². The standard InChI is InChI=1S/C14H15BrN2/c1-10-7-13(15)9-14(8-10)17-11(2)12-3-5-16-6-4-12/h3-9,11,17H,1-2H3. The number of nitrogens with zero attached hydrogens (tertiary/aromatic N) is 1. The molecule has 0 aliphatic heterocycles. The normalized spacial score (nSPS) is 12.2. The molecule has 0 aliphatic rings. The molecule has 88 valence electrons. The smallest absolute Gasteiger partial charge is 0.0486 e. The third-order valence-corrected chi connectivity index (χ3v) is 3.09. The number of pyridine rings is 1. The topological polar surface area (TPSA) is 24.9 Å². The first-order valence-electron chi connectivity index (χ1n) is 5.59. The van der Waals surface area contributed by atoms with Gasteiger partial charge < -0.3 is 5.32 Å². The summed E-state index contributed by atoms with van der Waals surface area (Å²) in [5.74, 6) is 0. The number of aromatic nitrogens is 1. The molecule has 1 aromatic heterocycles. The minimum Gasteiger partial charge on any atom is -0.378 e. The minimum atomic E-state index is 0.270. The molecule has 1 N–H and O–H groups in total. The van der Waals surface area contributed by atoms with Crippen LogP contribution in [0.2, 0.25) is 0 Å². The second kappa shape index (κ2) is 5.32. The molecule has 2 rings (SSSR count). The van der Waals surface area contributed by atoms with Crippen molar-refractivity contribution in [3.05, 3.63) is 58.3 Å². The van der Waals surface area contributed by atoms with Crippen molar-refractivity contribution in [1.82, 2.24) is 4.98 Å². The van der Waals surface area contributed by atoms with Crippen LogP contribution in [0.1, 0.15) is 24.1 Å². The van der Waals surface area contributed by atoms with E-state index in [-0.39, 0.29) is 6.04 Å². The molecule has 0 saturated carbocycles. The van der Waals surface area contributed by atoms with Crippen LogP contribution in [-0.2, 0) is 0 Å². The second-order valence-corrected chi connectivity index (χ2v) is 5.08. The summed E-state index contributed by atoms with van der Waals surface area (Å²) in [7, 11) is 0. The lowest BCUT2D eigenvalue weighted by Gasteiger charge is -2.16. The Balaban J connectivity index is 2.16. The van der Waals surface area contributed by atoms with Gasteiger partial charge in [0.2, 0.25) is 0 Å². The largest absolute Gasteiger partial charge is 0.378 e. The number of benzene rings is 1. The molecule has 1 unspecified atom stereocenters. The summed E-state index contributed by atoms with van der Waals surface area (Å²) in [5, 5.41) is 3.48. The highest BCUT2D eigenvalue weighted by Crippen LogP contribution is 2.23. The monoisotopic (exact) mass is 290 g/mol. The fraction of sp³-hybridized carbons (Fsp3) is 0.214. The predicted molar refractivity (Wildman–Crippen MR) is 75.2 cm³/mol. The molecule has 17 heavy (non-hydrogen) atoms. The highest BCUT2D eigenvalue weighted by molar-refractivity contribution is 9.10. The van der Waals surface area contributed by atoms with E-state index in [1.54, 1.807) is 0 Å². The van der Waals surface area contributed by atoms with E-state index in [0.29, 0.717) is 0 Å². The maximum atomic E-state index is 4.03. The van der Waals surface area contributed by atoms with E-state index >= 15 is 0 Å². The van der Waals surface area contributed by atoms with Crippen LogP contribution in [0.3, 0.4) is 0 Å². The Morgan fingerprint density at radius 3 is 2.53 bits per heavy atom. The molecule has 0 bridgehead atoms. The van der Waals surface area contributed by atoms with E-state index < -0.39 is 0 Å². The van der Waals surface area contributed by atoms with Crippen LogP contribution in [0.25, 0.3) is 0 Å². The van der Waals surface area contributed by atoms with Gasteiger partial charge in [-0.15, -0.1) is 0 Å². The molecular formula is C14H15BrN2. The molecule has 1 atom stereocenters. The number of halogens is 1. The van der Waals surface area contributed by atoms with Gasteiger partial charge in [-0.1, -0.05) is 15.9 Å². The number of hydrogen-bond acceptors (Lipinski definition) is 2. The highest BCUT2D eigenvalue weighted by atomic mass is 79.9. The summed E-state index contributed by atoms with van der Waals surface area (Å²) in [6.07, 6.45) is 3.64.